The second-order valence-electron chi connectivity index (χ2n) is 6.22. The molecule has 0 saturated heterocycles. The van der Waals surface area contributed by atoms with Crippen LogP contribution < -0.4 is 0 Å². The summed E-state index contributed by atoms with van der Waals surface area (Å²) in [4.78, 5) is 25.9. The Labute approximate surface area is 151 Å². The van der Waals surface area contributed by atoms with Crippen molar-refractivity contribution in [1.29, 1.82) is 0 Å². The van der Waals surface area contributed by atoms with Gasteiger partial charge in [0.05, 0.1) is 11.2 Å². The number of hydrogen-bond donors (Lipinski definition) is 0. The van der Waals surface area contributed by atoms with E-state index in [1.165, 1.54) is 0 Å². The molecule has 0 N–H and O–H groups in total. The molecule has 0 unspecified atom stereocenters. The fourth-order valence-corrected chi connectivity index (χ4v) is 3.02. The Bertz CT molecular complexity index is 1130. The van der Waals surface area contributed by atoms with Crippen LogP contribution in [0.5, 0.6) is 0 Å². The van der Waals surface area contributed by atoms with Gasteiger partial charge in [0, 0.05) is 22.7 Å². The van der Waals surface area contributed by atoms with Crippen LogP contribution in [0.2, 0.25) is 0 Å². The number of benzene rings is 2. The molecular formula is C22H17N3O. The van der Waals surface area contributed by atoms with Crippen molar-refractivity contribution >= 4 is 16.7 Å². The number of fused-ring (bicyclic) bond motifs is 1. The highest BCUT2D eigenvalue weighted by Gasteiger charge is 2.14. The van der Waals surface area contributed by atoms with Crippen LogP contribution in [0, 0.1) is 6.92 Å². The van der Waals surface area contributed by atoms with E-state index in [0.29, 0.717) is 17.1 Å². The summed E-state index contributed by atoms with van der Waals surface area (Å²) in [6, 6.07) is 19.3. The van der Waals surface area contributed by atoms with Gasteiger partial charge in [0.15, 0.2) is 11.6 Å². The Morgan fingerprint density at radius 2 is 1.65 bits per heavy atom. The lowest BCUT2D eigenvalue weighted by atomic mass is 9.98. The van der Waals surface area contributed by atoms with Gasteiger partial charge in [0.2, 0.25) is 0 Å². The predicted octanol–water partition coefficient (Wildman–Crippen LogP) is 4.87. The maximum atomic E-state index is 12.0. The van der Waals surface area contributed by atoms with Gasteiger partial charge in [-0.2, -0.15) is 0 Å². The highest BCUT2D eigenvalue weighted by molar-refractivity contribution is 6.00. The number of Topliss-reactive ketones (excluding diaryl/α,β-unsaturated/α-hetero) is 1. The van der Waals surface area contributed by atoms with Crippen molar-refractivity contribution in [2.45, 2.75) is 13.8 Å². The van der Waals surface area contributed by atoms with Gasteiger partial charge in [-0.3, -0.25) is 4.79 Å². The van der Waals surface area contributed by atoms with Crippen molar-refractivity contribution in [3.8, 4) is 22.8 Å². The maximum absolute atomic E-state index is 12.0. The van der Waals surface area contributed by atoms with E-state index in [2.05, 4.69) is 9.97 Å². The summed E-state index contributed by atoms with van der Waals surface area (Å²) in [5, 5.41) is 0.991. The van der Waals surface area contributed by atoms with Gasteiger partial charge >= 0.3 is 0 Å². The molecule has 2 aromatic carbocycles. The normalized spacial score (nSPS) is 10.8. The number of aromatic nitrogens is 3. The summed E-state index contributed by atoms with van der Waals surface area (Å²) in [5.74, 6) is 0.597. The van der Waals surface area contributed by atoms with Crippen LogP contribution in [-0.2, 0) is 0 Å². The summed E-state index contributed by atoms with van der Waals surface area (Å²) >= 11 is 0. The van der Waals surface area contributed by atoms with Crippen molar-refractivity contribution < 1.29 is 4.79 Å². The second-order valence-corrected chi connectivity index (χ2v) is 6.22. The molecule has 26 heavy (non-hydrogen) atoms. The molecular weight excluding hydrogens is 322 g/mol. The fourth-order valence-electron chi connectivity index (χ4n) is 3.02. The molecule has 0 bridgehead atoms. The largest absolute Gasteiger partial charge is 0.294 e. The van der Waals surface area contributed by atoms with Crippen molar-refractivity contribution in [1.82, 2.24) is 15.0 Å². The van der Waals surface area contributed by atoms with Crippen LogP contribution >= 0.6 is 0 Å². The minimum absolute atomic E-state index is 0.0224. The van der Waals surface area contributed by atoms with E-state index in [0.717, 1.165) is 27.7 Å². The lowest BCUT2D eigenvalue weighted by Crippen LogP contribution is -2.00. The van der Waals surface area contributed by atoms with E-state index in [-0.39, 0.29) is 5.78 Å². The third-order valence-electron chi connectivity index (χ3n) is 4.38. The molecule has 0 aliphatic heterocycles. The van der Waals surface area contributed by atoms with E-state index in [4.69, 9.17) is 4.98 Å². The monoisotopic (exact) mass is 339 g/mol. The number of ketones is 1. The summed E-state index contributed by atoms with van der Waals surface area (Å²) < 4.78 is 0. The zero-order chi connectivity index (χ0) is 18.1. The summed E-state index contributed by atoms with van der Waals surface area (Å²) in [5.41, 5.74) is 4.85. The van der Waals surface area contributed by atoms with E-state index >= 15 is 0 Å². The van der Waals surface area contributed by atoms with Gasteiger partial charge in [-0.1, -0.05) is 48.5 Å². The van der Waals surface area contributed by atoms with Crippen LogP contribution in [0.15, 0.2) is 66.9 Å². The molecule has 0 fully saturated rings. The van der Waals surface area contributed by atoms with Gasteiger partial charge < -0.3 is 0 Å². The van der Waals surface area contributed by atoms with E-state index < -0.39 is 0 Å². The Kier molecular flexibility index (Phi) is 4.01. The average molecular weight is 339 g/mol. The first-order valence-corrected chi connectivity index (χ1v) is 8.43. The van der Waals surface area contributed by atoms with Crippen LogP contribution in [0.3, 0.4) is 0 Å². The van der Waals surface area contributed by atoms with Crippen molar-refractivity contribution in [3.05, 3.63) is 78.0 Å². The lowest BCUT2D eigenvalue weighted by molar-refractivity contribution is 0.101. The van der Waals surface area contributed by atoms with Crippen LogP contribution in [0.25, 0.3) is 33.7 Å². The number of rotatable bonds is 3. The quantitative estimate of drug-likeness (QED) is 0.500. The highest BCUT2D eigenvalue weighted by atomic mass is 16.1. The number of para-hydroxylation sites is 1. The Hall–Kier alpha value is -3.40. The standard InChI is InChI=1S/C22H17N3O/c1-14-11-12-20(22-23-13-16-7-3-6-10-19(16)25-22)24-21(14)18-9-5-4-8-17(18)15(2)26/h3-13H,1-2H3. The molecule has 0 atom stereocenters. The van der Waals surface area contributed by atoms with E-state index in [1.54, 1.807) is 6.92 Å². The predicted molar refractivity (Wildman–Crippen MR) is 103 cm³/mol. The maximum Gasteiger partial charge on any atom is 0.178 e. The number of carbonyl (C=O) groups is 1. The Morgan fingerprint density at radius 3 is 2.50 bits per heavy atom. The van der Waals surface area contributed by atoms with Gasteiger partial charge in [0.1, 0.15) is 5.69 Å². The number of nitrogens with zero attached hydrogens (tertiary/aromatic N) is 3. The summed E-state index contributed by atoms with van der Waals surface area (Å²) in [6.07, 6.45) is 1.81. The molecule has 0 amide bonds. The number of carbonyl (C=O) groups excluding carboxylic acids is 1. The van der Waals surface area contributed by atoms with Gasteiger partial charge in [0.25, 0.3) is 0 Å². The molecule has 0 spiro atoms. The van der Waals surface area contributed by atoms with Crippen LogP contribution in [0.4, 0.5) is 0 Å². The SMILES string of the molecule is CC(=O)c1ccccc1-c1nc(-c2ncc3ccccc3n2)ccc1C. The van der Waals surface area contributed by atoms with Crippen molar-refractivity contribution in [2.75, 3.05) is 0 Å². The van der Waals surface area contributed by atoms with E-state index in [1.807, 2.05) is 73.8 Å². The number of hydrogen-bond acceptors (Lipinski definition) is 4. The van der Waals surface area contributed by atoms with Gasteiger partial charge in [-0.15, -0.1) is 0 Å². The molecule has 0 aliphatic rings. The molecule has 4 heteroatoms. The minimum atomic E-state index is 0.0224. The second kappa shape index (κ2) is 6.48. The molecule has 4 rings (SSSR count). The lowest BCUT2D eigenvalue weighted by Gasteiger charge is -2.11. The molecule has 0 saturated carbocycles. The third-order valence-corrected chi connectivity index (χ3v) is 4.38. The zero-order valence-corrected chi connectivity index (χ0v) is 14.6. The molecule has 2 heterocycles. The third kappa shape index (κ3) is 2.86. The molecule has 126 valence electrons. The van der Waals surface area contributed by atoms with Crippen molar-refractivity contribution in [3.63, 3.8) is 0 Å². The van der Waals surface area contributed by atoms with Gasteiger partial charge in [-0.25, -0.2) is 15.0 Å². The molecule has 0 radical (unpaired) electrons. The van der Waals surface area contributed by atoms with Gasteiger partial charge in [-0.05, 0) is 31.5 Å². The smallest absolute Gasteiger partial charge is 0.178 e. The number of aryl methyl sites for hydroxylation is 1. The topological polar surface area (TPSA) is 55.7 Å². The molecule has 4 aromatic rings. The number of pyridine rings is 1. The highest BCUT2D eigenvalue weighted by Crippen LogP contribution is 2.28. The Balaban J connectivity index is 1.88. The molecule has 2 aromatic heterocycles. The summed E-state index contributed by atoms with van der Waals surface area (Å²) in [7, 11) is 0. The summed E-state index contributed by atoms with van der Waals surface area (Å²) in [6.45, 7) is 3.56. The molecule has 4 nitrogen and oxygen atoms in total. The molecule has 0 aliphatic carbocycles. The van der Waals surface area contributed by atoms with E-state index in [9.17, 15) is 4.79 Å². The minimum Gasteiger partial charge on any atom is -0.294 e. The first-order chi connectivity index (χ1) is 12.6. The first kappa shape index (κ1) is 16.1. The zero-order valence-electron chi connectivity index (χ0n) is 14.6. The fraction of sp³-hybridized carbons (Fsp3) is 0.0909. The Morgan fingerprint density at radius 1 is 0.885 bits per heavy atom. The van der Waals surface area contributed by atoms with Crippen molar-refractivity contribution in [2.24, 2.45) is 0 Å². The first-order valence-electron chi connectivity index (χ1n) is 8.43. The average Bonchev–Trinajstić information content (AvgIpc) is 2.68. The van der Waals surface area contributed by atoms with Crippen LogP contribution in [-0.4, -0.2) is 20.7 Å². The van der Waals surface area contributed by atoms with Crippen LogP contribution in [0.1, 0.15) is 22.8 Å².